The number of carbonyl (C=O) groups excluding carboxylic acids is 2. The number of likely N-dealkylation sites (tertiary alicyclic amines) is 1. The van der Waals surface area contributed by atoms with Gasteiger partial charge in [-0.05, 0) is 26.3 Å². The first-order valence-corrected chi connectivity index (χ1v) is 7.42. The standard InChI is InChI=1S/C14H25N5O2/c1-3-18(9-11(2)8-15)10-13(20)19-6-4-12(5-7-19)14(21)17-16/h11-12H,3-7,9-10,16H2,1-2H3,(H,17,21). The van der Waals surface area contributed by atoms with Crippen molar-refractivity contribution in [1.29, 1.82) is 5.26 Å². The zero-order valence-electron chi connectivity index (χ0n) is 12.8. The van der Waals surface area contributed by atoms with Crippen molar-refractivity contribution in [3.05, 3.63) is 0 Å². The summed E-state index contributed by atoms with van der Waals surface area (Å²) in [5, 5.41) is 8.85. The van der Waals surface area contributed by atoms with Gasteiger partial charge in [-0.15, -0.1) is 0 Å². The van der Waals surface area contributed by atoms with Gasteiger partial charge in [0.2, 0.25) is 11.8 Å². The van der Waals surface area contributed by atoms with Gasteiger partial charge in [0, 0.05) is 25.6 Å². The normalized spacial score (nSPS) is 17.4. The highest BCUT2D eigenvalue weighted by molar-refractivity contribution is 5.80. The molecule has 1 heterocycles. The third-order valence-corrected chi connectivity index (χ3v) is 3.92. The number of amides is 2. The number of nitrogens with two attached hydrogens (primary N) is 1. The summed E-state index contributed by atoms with van der Waals surface area (Å²) in [6.07, 6.45) is 1.30. The summed E-state index contributed by atoms with van der Waals surface area (Å²) in [5.41, 5.74) is 2.17. The summed E-state index contributed by atoms with van der Waals surface area (Å²) < 4.78 is 0. The predicted octanol–water partition coefficient (Wildman–Crippen LogP) is -0.304. The number of carbonyl (C=O) groups is 2. The van der Waals surface area contributed by atoms with E-state index in [9.17, 15) is 9.59 Å². The van der Waals surface area contributed by atoms with Gasteiger partial charge in [0.25, 0.3) is 0 Å². The lowest BCUT2D eigenvalue weighted by Gasteiger charge is -2.32. The van der Waals surface area contributed by atoms with Crippen LogP contribution in [0, 0.1) is 23.2 Å². The zero-order valence-corrected chi connectivity index (χ0v) is 12.8. The molecule has 1 saturated heterocycles. The van der Waals surface area contributed by atoms with Crippen LogP contribution in [0.5, 0.6) is 0 Å². The number of hydrogen-bond donors (Lipinski definition) is 2. The Balaban J connectivity index is 2.43. The van der Waals surface area contributed by atoms with E-state index in [4.69, 9.17) is 11.1 Å². The number of likely N-dealkylation sites (N-methyl/N-ethyl adjacent to an activating group) is 1. The minimum Gasteiger partial charge on any atom is -0.342 e. The van der Waals surface area contributed by atoms with Crippen LogP contribution in [0.2, 0.25) is 0 Å². The Hall–Kier alpha value is -1.65. The van der Waals surface area contributed by atoms with Crippen molar-refractivity contribution in [2.75, 3.05) is 32.7 Å². The van der Waals surface area contributed by atoms with Crippen LogP contribution in [0.1, 0.15) is 26.7 Å². The molecule has 7 nitrogen and oxygen atoms in total. The van der Waals surface area contributed by atoms with E-state index in [1.165, 1.54) is 0 Å². The van der Waals surface area contributed by atoms with Crippen molar-refractivity contribution in [3.8, 4) is 6.07 Å². The second-order valence-corrected chi connectivity index (χ2v) is 5.52. The molecule has 1 fully saturated rings. The van der Waals surface area contributed by atoms with Crippen LogP contribution in [-0.4, -0.2) is 54.3 Å². The number of hydrazine groups is 1. The van der Waals surface area contributed by atoms with E-state index in [1.807, 2.05) is 18.7 Å². The molecule has 0 saturated carbocycles. The molecule has 1 aliphatic heterocycles. The van der Waals surface area contributed by atoms with Gasteiger partial charge in [0.1, 0.15) is 0 Å². The number of nitrogens with zero attached hydrogens (tertiary/aromatic N) is 3. The van der Waals surface area contributed by atoms with Gasteiger partial charge in [-0.1, -0.05) is 6.92 Å². The van der Waals surface area contributed by atoms with Gasteiger partial charge < -0.3 is 4.90 Å². The van der Waals surface area contributed by atoms with Gasteiger partial charge in [0.15, 0.2) is 0 Å². The third-order valence-electron chi connectivity index (χ3n) is 3.92. The first-order chi connectivity index (χ1) is 10.0. The van der Waals surface area contributed by atoms with Gasteiger partial charge in [-0.3, -0.25) is 19.9 Å². The van der Waals surface area contributed by atoms with Crippen LogP contribution in [0.15, 0.2) is 0 Å². The molecule has 3 N–H and O–H groups in total. The Morgan fingerprint density at radius 2 is 2.10 bits per heavy atom. The number of piperidine rings is 1. The molecule has 0 bridgehead atoms. The highest BCUT2D eigenvalue weighted by Gasteiger charge is 2.27. The summed E-state index contributed by atoms with van der Waals surface area (Å²) in [7, 11) is 0. The lowest BCUT2D eigenvalue weighted by atomic mass is 9.96. The molecule has 1 rings (SSSR count). The Bertz CT molecular complexity index is 399. The maximum atomic E-state index is 12.3. The second kappa shape index (κ2) is 8.60. The average Bonchev–Trinajstić information content (AvgIpc) is 2.53. The van der Waals surface area contributed by atoms with Crippen LogP contribution in [0.3, 0.4) is 0 Å². The minimum absolute atomic E-state index is 0.0635. The first kappa shape index (κ1) is 17.4. The van der Waals surface area contributed by atoms with Crippen LogP contribution in [0.25, 0.3) is 0 Å². The molecule has 0 aromatic rings. The summed E-state index contributed by atoms with van der Waals surface area (Å²) in [6, 6.07) is 2.18. The molecule has 0 aromatic carbocycles. The molecule has 0 aromatic heterocycles. The largest absolute Gasteiger partial charge is 0.342 e. The smallest absolute Gasteiger partial charge is 0.237 e. The number of hydrogen-bond acceptors (Lipinski definition) is 5. The van der Waals surface area contributed by atoms with E-state index in [-0.39, 0.29) is 23.7 Å². The molecule has 1 aliphatic rings. The zero-order chi connectivity index (χ0) is 15.8. The fourth-order valence-corrected chi connectivity index (χ4v) is 2.53. The first-order valence-electron chi connectivity index (χ1n) is 7.42. The number of nitriles is 1. The minimum atomic E-state index is -0.153. The lowest BCUT2D eigenvalue weighted by molar-refractivity contribution is -0.136. The molecular formula is C14H25N5O2. The van der Waals surface area contributed by atoms with Gasteiger partial charge in [-0.25, -0.2) is 5.84 Å². The van der Waals surface area contributed by atoms with Crippen molar-refractivity contribution in [2.24, 2.45) is 17.7 Å². The molecule has 1 unspecified atom stereocenters. The molecular weight excluding hydrogens is 270 g/mol. The van der Waals surface area contributed by atoms with Crippen molar-refractivity contribution >= 4 is 11.8 Å². The molecule has 2 amide bonds. The monoisotopic (exact) mass is 295 g/mol. The van der Waals surface area contributed by atoms with Gasteiger partial charge >= 0.3 is 0 Å². The predicted molar refractivity (Wildman–Crippen MR) is 78.5 cm³/mol. The summed E-state index contributed by atoms with van der Waals surface area (Å²) >= 11 is 0. The van der Waals surface area contributed by atoms with E-state index >= 15 is 0 Å². The maximum Gasteiger partial charge on any atom is 0.237 e. The number of rotatable bonds is 6. The second-order valence-electron chi connectivity index (χ2n) is 5.52. The highest BCUT2D eigenvalue weighted by atomic mass is 16.2. The fourth-order valence-electron chi connectivity index (χ4n) is 2.53. The Morgan fingerprint density at radius 1 is 1.48 bits per heavy atom. The van der Waals surface area contributed by atoms with E-state index in [0.29, 0.717) is 39.0 Å². The summed E-state index contributed by atoms with van der Waals surface area (Å²) in [5.74, 6) is 4.85. The Morgan fingerprint density at radius 3 is 2.57 bits per heavy atom. The quantitative estimate of drug-likeness (QED) is 0.398. The van der Waals surface area contributed by atoms with E-state index in [2.05, 4.69) is 11.5 Å². The molecule has 0 spiro atoms. The fraction of sp³-hybridized carbons (Fsp3) is 0.786. The Labute approximate surface area is 126 Å². The van der Waals surface area contributed by atoms with E-state index in [0.717, 1.165) is 6.54 Å². The molecule has 118 valence electrons. The van der Waals surface area contributed by atoms with Crippen LogP contribution < -0.4 is 11.3 Å². The Kier molecular flexibility index (Phi) is 7.12. The molecule has 1 atom stereocenters. The van der Waals surface area contributed by atoms with Crippen molar-refractivity contribution in [1.82, 2.24) is 15.2 Å². The molecule has 21 heavy (non-hydrogen) atoms. The van der Waals surface area contributed by atoms with E-state index < -0.39 is 0 Å². The topological polar surface area (TPSA) is 102 Å². The lowest BCUT2D eigenvalue weighted by Crippen LogP contribution is -2.47. The van der Waals surface area contributed by atoms with E-state index in [1.54, 1.807) is 4.90 Å². The van der Waals surface area contributed by atoms with Crippen molar-refractivity contribution < 1.29 is 9.59 Å². The van der Waals surface area contributed by atoms with Gasteiger partial charge in [-0.2, -0.15) is 5.26 Å². The molecule has 7 heteroatoms. The summed E-state index contributed by atoms with van der Waals surface area (Å²) in [6.45, 7) is 6.68. The molecule has 0 aliphatic carbocycles. The van der Waals surface area contributed by atoms with Crippen molar-refractivity contribution in [3.63, 3.8) is 0 Å². The maximum absolute atomic E-state index is 12.3. The SMILES string of the molecule is CCN(CC(=O)N1CCC(C(=O)NN)CC1)CC(C)C#N. The third kappa shape index (κ3) is 5.33. The van der Waals surface area contributed by atoms with Crippen LogP contribution in [0.4, 0.5) is 0 Å². The highest BCUT2D eigenvalue weighted by Crippen LogP contribution is 2.17. The summed E-state index contributed by atoms with van der Waals surface area (Å²) in [4.78, 5) is 27.5. The molecule has 0 radical (unpaired) electrons. The number of nitrogens with one attached hydrogen (secondary N) is 1. The van der Waals surface area contributed by atoms with Crippen LogP contribution in [-0.2, 0) is 9.59 Å². The van der Waals surface area contributed by atoms with Crippen LogP contribution >= 0.6 is 0 Å². The van der Waals surface area contributed by atoms with Crippen molar-refractivity contribution in [2.45, 2.75) is 26.7 Å². The van der Waals surface area contributed by atoms with Gasteiger partial charge in [0.05, 0.1) is 18.5 Å². The average molecular weight is 295 g/mol.